The Kier molecular flexibility index (Phi) is 17.4. The van der Waals surface area contributed by atoms with E-state index in [0.29, 0.717) is 22.4 Å². The molecular formula is C51H58N10O7. The fraction of sp³-hybridized carbons (Fsp3) is 0.294. The number of benzene rings is 4. The molecule has 10 N–H and O–H groups in total. The van der Waals surface area contributed by atoms with Gasteiger partial charge >= 0.3 is 0 Å². The van der Waals surface area contributed by atoms with E-state index in [9.17, 15) is 33.6 Å². The van der Waals surface area contributed by atoms with Crippen LogP contribution >= 0.6 is 0 Å². The number of primary amides is 1. The van der Waals surface area contributed by atoms with Crippen LogP contribution in [0, 0.1) is 5.92 Å². The number of aromatic amines is 2. The number of nitrogens with zero attached hydrogens (tertiary/aromatic N) is 1. The van der Waals surface area contributed by atoms with E-state index in [1.54, 1.807) is 74.8 Å². The van der Waals surface area contributed by atoms with Crippen molar-refractivity contribution in [3.63, 3.8) is 0 Å². The van der Waals surface area contributed by atoms with Crippen LogP contribution in [0.25, 0.3) is 10.9 Å². The molecule has 0 aliphatic rings. The fourth-order valence-corrected chi connectivity index (χ4v) is 7.88. The number of aromatic nitrogens is 3. The Morgan fingerprint density at radius 3 is 1.35 bits per heavy atom. The van der Waals surface area contributed by atoms with Crippen LogP contribution in [-0.2, 0) is 65.7 Å². The predicted molar refractivity (Wildman–Crippen MR) is 256 cm³/mol. The third kappa shape index (κ3) is 14.2. The lowest BCUT2D eigenvalue weighted by Crippen LogP contribution is -2.61. The molecule has 6 aromatic rings. The minimum atomic E-state index is -1.32. The number of carbonyl (C=O) groups is 7. The van der Waals surface area contributed by atoms with E-state index in [1.165, 1.54) is 13.3 Å². The summed E-state index contributed by atoms with van der Waals surface area (Å²) in [5.74, 6) is -5.00. The summed E-state index contributed by atoms with van der Waals surface area (Å²) in [5, 5.41) is 17.6. The molecule has 68 heavy (non-hydrogen) atoms. The summed E-state index contributed by atoms with van der Waals surface area (Å²) < 4.78 is 0. The third-order valence-corrected chi connectivity index (χ3v) is 11.4. The molecule has 0 aliphatic heterocycles. The van der Waals surface area contributed by atoms with Crippen LogP contribution in [0.3, 0.4) is 0 Å². The van der Waals surface area contributed by atoms with E-state index in [-0.39, 0.29) is 38.0 Å². The van der Waals surface area contributed by atoms with Crippen LogP contribution < -0.4 is 37.6 Å². The minimum Gasteiger partial charge on any atom is -0.368 e. The van der Waals surface area contributed by atoms with Gasteiger partial charge < -0.3 is 47.6 Å². The lowest BCUT2D eigenvalue weighted by atomic mass is 9.99. The average molecular weight is 923 g/mol. The molecule has 6 rings (SSSR count). The number of hydrogen-bond donors (Lipinski definition) is 9. The molecule has 0 fully saturated rings. The molecule has 354 valence electrons. The monoisotopic (exact) mass is 922 g/mol. The van der Waals surface area contributed by atoms with E-state index in [1.807, 2.05) is 66.7 Å². The summed E-state index contributed by atoms with van der Waals surface area (Å²) in [6.45, 7) is 4.75. The van der Waals surface area contributed by atoms with Crippen LogP contribution in [-0.4, -0.2) is 92.6 Å². The summed E-state index contributed by atoms with van der Waals surface area (Å²) in [6, 6.07) is 27.4. The van der Waals surface area contributed by atoms with Crippen molar-refractivity contribution >= 4 is 52.3 Å². The van der Waals surface area contributed by atoms with Crippen molar-refractivity contribution in [3.05, 3.63) is 162 Å². The smallest absolute Gasteiger partial charge is 0.243 e. The highest BCUT2D eigenvalue weighted by molar-refractivity contribution is 5.98. The highest BCUT2D eigenvalue weighted by Gasteiger charge is 2.34. The summed E-state index contributed by atoms with van der Waals surface area (Å²) in [6.07, 6.45) is 4.79. The lowest BCUT2D eigenvalue weighted by molar-refractivity contribution is -0.135. The number of rotatable bonds is 23. The van der Waals surface area contributed by atoms with Crippen molar-refractivity contribution in [1.82, 2.24) is 46.9 Å². The number of nitrogens with one attached hydrogen (secondary N) is 8. The van der Waals surface area contributed by atoms with Crippen LogP contribution in [0.5, 0.6) is 0 Å². The van der Waals surface area contributed by atoms with Gasteiger partial charge in [-0.05, 0) is 34.2 Å². The van der Waals surface area contributed by atoms with Gasteiger partial charge in [0.2, 0.25) is 41.4 Å². The molecule has 7 amide bonds. The zero-order valence-corrected chi connectivity index (χ0v) is 38.2. The molecule has 0 saturated carbocycles. The van der Waals surface area contributed by atoms with Gasteiger partial charge in [0.05, 0.1) is 12.0 Å². The Morgan fingerprint density at radius 1 is 0.515 bits per heavy atom. The summed E-state index contributed by atoms with van der Waals surface area (Å²) in [4.78, 5) is 107. The van der Waals surface area contributed by atoms with Gasteiger partial charge in [-0.25, -0.2) is 4.98 Å². The second-order valence-corrected chi connectivity index (χ2v) is 17.0. The molecule has 0 aliphatic carbocycles. The zero-order chi connectivity index (χ0) is 48.6. The number of nitrogens with two attached hydrogens (primary N) is 1. The number of carbonyl (C=O) groups excluding carboxylic acids is 7. The number of amides is 7. The van der Waals surface area contributed by atoms with Gasteiger partial charge in [-0.2, -0.15) is 0 Å². The SMILES string of the molecule is CC(=O)N[C@@H](Cc1ccccc1)C(=O)N[C@@H](Cc1ccccc1)C(=O)N[C@@H](Cc1c[nH]c2ccccc12)C(=O)N[C@@H](Cc1ccccc1)C(=O)N[C@@H](Cc1c[nH]cn1)C(=O)N[C@H](C(N)=O)C(C)C. The van der Waals surface area contributed by atoms with Gasteiger partial charge in [0.25, 0.3) is 0 Å². The Bertz CT molecular complexity index is 2640. The molecule has 0 radical (unpaired) electrons. The van der Waals surface area contributed by atoms with Crippen LogP contribution in [0.1, 0.15) is 48.7 Å². The summed E-state index contributed by atoms with van der Waals surface area (Å²) in [7, 11) is 0. The molecule has 6 atom stereocenters. The summed E-state index contributed by atoms with van der Waals surface area (Å²) in [5.41, 5.74) is 9.73. The van der Waals surface area contributed by atoms with Crippen LogP contribution in [0.4, 0.5) is 0 Å². The van der Waals surface area contributed by atoms with Gasteiger partial charge in [-0.1, -0.05) is 123 Å². The van der Waals surface area contributed by atoms with E-state index in [2.05, 4.69) is 46.9 Å². The molecule has 4 aromatic carbocycles. The normalized spacial score (nSPS) is 13.8. The minimum absolute atomic E-state index is 0.0164. The molecular weight excluding hydrogens is 865 g/mol. The van der Waals surface area contributed by atoms with Crippen LogP contribution in [0.2, 0.25) is 0 Å². The third-order valence-electron chi connectivity index (χ3n) is 11.4. The van der Waals surface area contributed by atoms with Gasteiger partial charge in [0.15, 0.2) is 0 Å². The zero-order valence-electron chi connectivity index (χ0n) is 38.2. The maximum Gasteiger partial charge on any atom is 0.243 e. The highest BCUT2D eigenvalue weighted by Crippen LogP contribution is 2.20. The maximum absolute atomic E-state index is 14.9. The molecule has 0 bridgehead atoms. The second kappa shape index (κ2) is 23.9. The topological polar surface area (TPSA) is 262 Å². The Morgan fingerprint density at radius 2 is 0.926 bits per heavy atom. The van der Waals surface area contributed by atoms with Gasteiger partial charge in [0.1, 0.15) is 36.3 Å². The van der Waals surface area contributed by atoms with Crippen molar-refractivity contribution in [2.24, 2.45) is 11.7 Å². The van der Waals surface area contributed by atoms with Crippen LogP contribution in [0.15, 0.2) is 134 Å². The van der Waals surface area contributed by atoms with E-state index in [0.717, 1.165) is 16.5 Å². The molecule has 17 heteroatoms. The summed E-state index contributed by atoms with van der Waals surface area (Å²) >= 11 is 0. The highest BCUT2D eigenvalue weighted by atomic mass is 16.2. The largest absolute Gasteiger partial charge is 0.368 e. The van der Waals surface area contributed by atoms with Crippen molar-refractivity contribution in [2.75, 3.05) is 0 Å². The van der Waals surface area contributed by atoms with Gasteiger partial charge in [-0.15, -0.1) is 0 Å². The van der Waals surface area contributed by atoms with Crippen molar-refractivity contribution < 1.29 is 33.6 Å². The van der Waals surface area contributed by atoms with E-state index in [4.69, 9.17) is 5.73 Å². The molecule has 17 nitrogen and oxygen atoms in total. The van der Waals surface area contributed by atoms with Gasteiger partial charge in [0, 0.05) is 62.3 Å². The van der Waals surface area contributed by atoms with Crippen molar-refractivity contribution in [2.45, 2.75) is 89.1 Å². The number of H-pyrrole nitrogens is 2. The Balaban J connectivity index is 1.31. The molecule has 0 unspecified atom stereocenters. The first kappa shape index (κ1) is 49.4. The molecule has 2 aromatic heterocycles. The van der Waals surface area contributed by atoms with E-state index >= 15 is 0 Å². The first-order valence-corrected chi connectivity index (χ1v) is 22.5. The first-order valence-electron chi connectivity index (χ1n) is 22.5. The number of hydrogen-bond acceptors (Lipinski definition) is 8. The molecule has 0 saturated heterocycles. The Labute approximate surface area is 394 Å². The van der Waals surface area contributed by atoms with Crippen molar-refractivity contribution in [3.8, 4) is 0 Å². The molecule has 0 spiro atoms. The maximum atomic E-state index is 14.9. The Hall–Kier alpha value is -8.08. The average Bonchev–Trinajstić information content (AvgIpc) is 4.00. The second-order valence-electron chi connectivity index (χ2n) is 17.0. The predicted octanol–water partition coefficient (Wildman–Crippen LogP) is 2.47. The first-order chi connectivity index (χ1) is 32.7. The van der Waals surface area contributed by atoms with Crippen molar-refractivity contribution in [1.29, 1.82) is 0 Å². The number of para-hydroxylation sites is 1. The number of fused-ring (bicyclic) bond motifs is 1. The van der Waals surface area contributed by atoms with Gasteiger partial charge in [-0.3, -0.25) is 33.6 Å². The lowest BCUT2D eigenvalue weighted by Gasteiger charge is -2.28. The number of imidazole rings is 1. The fourth-order valence-electron chi connectivity index (χ4n) is 7.88. The van der Waals surface area contributed by atoms with E-state index < -0.39 is 77.6 Å². The molecule has 2 heterocycles. The standard InChI is InChI=1S/C51H58N10O7/c1-31(2)45(46(52)63)61-51(68)44(27-37-29-53-30-55-37)60-49(66)42(25-35-19-11-6-12-20-35)58-50(67)43(26-36-28-54-39-22-14-13-21-38(36)39)59-48(65)41(24-34-17-9-5-10-18-34)57-47(64)40(56-32(3)62)23-33-15-7-4-8-16-33/h4-22,28-31,40-45,54H,23-27H2,1-3H3,(H2,52,63)(H,53,55)(H,56,62)(H,57,64)(H,58,67)(H,59,65)(H,60,66)(H,61,68)/t40-,41-,42-,43-,44-,45-/m0/s1. The quantitative estimate of drug-likeness (QED) is 0.0460.